The van der Waals surface area contributed by atoms with Crippen LogP contribution >= 0.6 is 0 Å². The van der Waals surface area contributed by atoms with Crippen molar-refractivity contribution in [1.29, 1.82) is 0 Å². The summed E-state index contributed by atoms with van der Waals surface area (Å²) in [6.45, 7) is 13.1. The first-order valence-electron chi connectivity index (χ1n) is 7.78. The molecule has 2 atom stereocenters. The first-order chi connectivity index (χ1) is 9.06. The van der Waals surface area contributed by atoms with Crippen molar-refractivity contribution in [3.63, 3.8) is 0 Å². The lowest BCUT2D eigenvalue weighted by Crippen LogP contribution is -2.05. The first-order valence-corrected chi connectivity index (χ1v) is 7.78. The summed E-state index contributed by atoms with van der Waals surface area (Å²) < 4.78 is 0. The van der Waals surface area contributed by atoms with E-state index in [0.717, 1.165) is 11.8 Å². The molecule has 0 saturated carbocycles. The average molecular weight is 258 g/mol. The Hall–Kier alpha value is -1.04. The molecule has 0 saturated heterocycles. The highest BCUT2D eigenvalue weighted by molar-refractivity contribution is 5.53. The monoisotopic (exact) mass is 258 g/mol. The van der Waals surface area contributed by atoms with Crippen LogP contribution in [0.5, 0.6) is 0 Å². The Morgan fingerprint density at radius 1 is 1.16 bits per heavy atom. The molecule has 2 unspecified atom stereocenters. The van der Waals surface area contributed by atoms with Crippen molar-refractivity contribution < 1.29 is 0 Å². The fraction of sp³-hybridized carbons (Fsp3) is 0.579. The third kappa shape index (κ3) is 5.63. The molecule has 1 aromatic carbocycles. The van der Waals surface area contributed by atoms with Crippen molar-refractivity contribution in [1.82, 2.24) is 0 Å². The summed E-state index contributed by atoms with van der Waals surface area (Å²) in [7, 11) is 0. The van der Waals surface area contributed by atoms with Gasteiger partial charge in [0.15, 0.2) is 0 Å². The van der Waals surface area contributed by atoms with E-state index in [4.69, 9.17) is 0 Å². The number of aryl methyl sites for hydroxylation is 2. The molecule has 1 rings (SSSR count). The van der Waals surface area contributed by atoms with Gasteiger partial charge >= 0.3 is 0 Å². The maximum absolute atomic E-state index is 3.93. The van der Waals surface area contributed by atoms with Crippen LogP contribution < -0.4 is 0 Å². The zero-order chi connectivity index (χ0) is 14.3. The Bertz CT molecular complexity index is 389. The Balaban J connectivity index is 2.50. The number of rotatable bonds is 8. The minimum atomic E-state index is 0.820. The van der Waals surface area contributed by atoms with Gasteiger partial charge in [0.25, 0.3) is 0 Å². The van der Waals surface area contributed by atoms with Gasteiger partial charge in [-0.25, -0.2) is 0 Å². The van der Waals surface area contributed by atoms with E-state index in [9.17, 15) is 0 Å². The maximum Gasteiger partial charge on any atom is -0.0228 e. The van der Waals surface area contributed by atoms with Gasteiger partial charge in [-0.1, -0.05) is 70.0 Å². The van der Waals surface area contributed by atoms with Gasteiger partial charge in [-0.15, -0.1) is 0 Å². The van der Waals surface area contributed by atoms with Crippen molar-refractivity contribution in [3.05, 3.63) is 41.5 Å². The van der Waals surface area contributed by atoms with Crippen LogP contribution in [0.25, 0.3) is 6.08 Å². The minimum absolute atomic E-state index is 0.820. The van der Waals surface area contributed by atoms with Gasteiger partial charge in [0.2, 0.25) is 0 Å². The second-order valence-corrected chi connectivity index (χ2v) is 6.18. The molecule has 0 N–H and O–H groups in total. The van der Waals surface area contributed by atoms with E-state index >= 15 is 0 Å². The maximum atomic E-state index is 3.93. The largest absolute Gasteiger partial charge is 0.0985 e. The third-order valence-corrected chi connectivity index (χ3v) is 4.01. The summed E-state index contributed by atoms with van der Waals surface area (Å²) in [5.41, 5.74) is 4.09. The summed E-state index contributed by atoms with van der Waals surface area (Å²) >= 11 is 0. The Morgan fingerprint density at radius 3 is 2.47 bits per heavy atom. The molecular weight excluding hydrogens is 228 g/mol. The molecule has 0 aliphatic rings. The molecule has 0 aliphatic heterocycles. The molecule has 0 aliphatic carbocycles. The van der Waals surface area contributed by atoms with Gasteiger partial charge in [0.05, 0.1) is 0 Å². The van der Waals surface area contributed by atoms with E-state index < -0.39 is 0 Å². The van der Waals surface area contributed by atoms with E-state index in [2.05, 4.69) is 52.5 Å². The van der Waals surface area contributed by atoms with Crippen LogP contribution in [0.4, 0.5) is 0 Å². The van der Waals surface area contributed by atoms with E-state index in [-0.39, 0.29) is 0 Å². The van der Waals surface area contributed by atoms with Crippen molar-refractivity contribution in [2.24, 2.45) is 11.8 Å². The molecule has 1 aromatic rings. The zero-order valence-corrected chi connectivity index (χ0v) is 13.2. The summed E-state index contributed by atoms with van der Waals surface area (Å²) in [6.07, 6.45) is 8.51. The molecule has 0 radical (unpaired) electrons. The predicted octanol–water partition coefficient (Wildman–Crippen LogP) is 6.03. The third-order valence-electron chi connectivity index (χ3n) is 4.01. The smallest absolute Gasteiger partial charge is 0.0228 e. The molecule has 106 valence electrons. The van der Waals surface area contributed by atoms with Crippen LogP contribution in [0, 0.1) is 18.8 Å². The van der Waals surface area contributed by atoms with Gasteiger partial charge < -0.3 is 0 Å². The SMILES string of the molecule is C=Cc1cc(C)ccc1CCC(C)CC(C)CCC. The summed E-state index contributed by atoms with van der Waals surface area (Å²) in [5.74, 6) is 1.69. The first kappa shape index (κ1) is 16.0. The molecular formula is C19H30. The number of hydrogen-bond acceptors (Lipinski definition) is 0. The highest BCUT2D eigenvalue weighted by Crippen LogP contribution is 2.22. The van der Waals surface area contributed by atoms with E-state index in [1.54, 1.807) is 0 Å². The number of benzene rings is 1. The number of hydrogen-bond donors (Lipinski definition) is 0. The van der Waals surface area contributed by atoms with Crippen molar-refractivity contribution in [2.45, 2.75) is 59.8 Å². The minimum Gasteiger partial charge on any atom is -0.0985 e. The molecule has 19 heavy (non-hydrogen) atoms. The van der Waals surface area contributed by atoms with Gasteiger partial charge in [-0.05, 0) is 49.1 Å². The quantitative estimate of drug-likeness (QED) is 0.534. The zero-order valence-electron chi connectivity index (χ0n) is 13.2. The molecule has 0 heteroatoms. The topological polar surface area (TPSA) is 0 Å². The fourth-order valence-electron chi connectivity index (χ4n) is 2.95. The molecule has 0 amide bonds. The van der Waals surface area contributed by atoms with Crippen LogP contribution in [-0.4, -0.2) is 0 Å². The lowest BCUT2D eigenvalue weighted by Gasteiger charge is -2.17. The van der Waals surface area contributed by atoms with Crippen LogP contribution in [0.2, 0.25) is 0 Å². The molecule has 0 spiro atoms. The summed E-state index contributed by atoms with van der Waals surface area (Å²) in [6, 6.07) is 6.73. The fourth-order valence-corrected chi connectivity index (χ4v) is 2.95. The normalized spacial score (nSPS) is 14.1. The Kier molecular flexibility index (Phi) is 6.91. The Labute approximate surface area is 119 Å². The lowest BCUT2D eigenvalue weighted by atomic mass is 9.89. The second-order valence-electron chi connectivity index (χ2n) is 6.18. The molecule has 0 nitrogen and oxygen atoms in total. The van der Waals surface area contributed by atoms with Crippen LogP contribution in [-0.2, 0) is 6.42 Å². The highest BCUT2D eigenvalue weighted by Gasteiger charge is 2.09. The molecule has 0 bridgehead atoms. The van der Waals surface area contributed by atoms with Crippen molar-refractivity contribution >= 4 is 6.08 Å². The van der Waals surface area contributed by atoms with Crippen molar-refractivity contribution in [3.8, 4) is 0 Å². The van der Waals surface area contributed by atoms with Crippen LogP contribution in [0.3, 0.4) is 0 Å². The standard InChI is InChI=1S/C19H30/c1-6-8-15(3)13-16(4)9-11-19-12-10-17(5)14-18(19)7-2/h7,10,12,14-16H,2,6,8-9,11,13H2,1,3-5H3. The van der Waals surface area contributed by atoms with Crippen LogP contribution in [0.15, 0.2) is 24.8 Å². The molecule has 0 heterocycles. The van der Waals surface area contributed by atoms with Crippen molar-refractivity contribution in [2.75, 3.05) is 0 Å². The lowest BCUT2D eigenvalue weighted by molar-refractivity contribution is 0.375. The van der Waals surface area contributed by atoms with Gasteiger partial charge in [-0.3, -0.25) is 0 Å². The van der Waals surface area contributed by atoms with E-state index in [1.165, 1.54) is 48.8 Å². The van der Waals surface area contributed by atoms with Gasteiger partial charge in [0.1, 0.15) is 0 Å². The van der Waals surface area contributed by atoms with E-state index in [0.29, 0.717) is 0 Å². The van der Waals surface area contributed by atoms with Gasteiger partial charge in [0, 0.05) is 0 Å². The summed E-state index contributed by atoms with van der Waals surface area (Å²) in [4.78, 5) is 0. The van der Waals surface area contributed by atoms with Gasteiger partial charge in [-0.2, -0.15) is 0 Å². The molecule has 0 aromatic heterocycles. The molecule has 0 fully saturated rings. The van der Waals surface area contributed by atoms with Crippen LogP contribution in [0.1, 0.15) is 63.1 Å². The van der Waals surface area contributed by atoms with E-state index in [1.807, 2.05) is 6.08 Å². The average Bonchev–Trinajstić information content (AvgIpc) is 2.37. The highest BCUT2D eigenvalue weighted by atomic mass is 14.1. The predicted molar refractivity (Wildman–Crippen MR) is 87.4 cm³/mol. The Morgan fingerprint density at radius 2 is 1.84 bits per heavy atom. The summed E-state index contributed by atoms with van der Waals surface area (Å²) in [5, 5.41) is 0. The second kappa shape index (κ2) is 8.19.